The Labute approximate surface area is 108 Å². The van der Waals surface area contributed by atoms with Crippen LogP contribution in [0.4, 0.5) is 13.2 Å². The standard InChI is InChI=1S/C13H13F3O3/c1-2-19-11(18)6-4-9(17)7-8-3-5-10(14)13(16)12(8)15/h3,5H,2,4,6-7H2,1H3. The molecule has 0 atom stereocenters. The summed E-state index contributed by atoms with van der Waals surface area (Å²) in [6.07, 6.45) is -0.627. The molecule has 1 aromatic carbocycles. The number of ketones is 1. The highest BCUT2D eigenvalue weighted by atomic mass is 19.2. The van der Waals surface area contributed by atoms with Gasteiger partial charge < -0.3 is 4.74 Å². The molecule has 0 unspecified atom stereocenters. The Balaban J connectivity index is 2.58. The van der Waals surface area contributed by atoms with Crippen molar-refractivity contribution in [3.8, 4) is 0 Å². The molecule has 0 amide bonds. The Bertz CT molecular complexity index is 486. The van der Waals surface area contributed by atoms with Crippen molar-refractivity contribution in [3.05, 3.63) is 35.1 Å². The van der Waals surface area contributed by atoms with Gasteiger partial charge in [0.25, 0.3) is 0 Å². The summed E-state index contributed by atoms with van der Waals surface area (Å²) in [5.41, 5.74) is -0.229. The summed E-state index contributed by atoms with van der Waals surface area (Å²) in [6.45, 7) is 1.85. The van der Waals surface area contributed by atoms with Gasteiger partial charge in [-0.2, -0.15) is 0 Å². The van der Waals surface area contributed by atoms with Gasteiger partial charge in [-0.1, -0.05) is 6.07 Å². The van der Waals surface area contributed by atoms with Crippen LogP contribution < -0.4 is 0 Å². The molecule has 0 saturated carbocycles. The minimum absolute atomic E-state index is 0.113. The molecule has 0 aliphatic rings. The topological polar surface area (TPSA) is 43.4 Å². The second kappa shape index (κ2) is 6.92. The average molecular weight is 274 g/mol. The highest BCUT2D eigenvalue weighted by Crippen LogP contribution is 2.16. The van der Waals surface area contributed by atoms with Gasteiger partial charge >= 0.3 is 5.97 Å². The van der Waals surface area contributed by atoms with E-state index >= 15 is 0 Å². The highest BCUT2D eigenvalue weighted by molar-refractivity contribution is 5.84. The molecule has 0 fully saturated rings. The first kappa shape index (κ1) is 15.2. The second-order valence-electron chi connectivity index (χ2n) is 3.85. The fourth-order valence-corrected chi connectivity index (χ4v) is 1.48. The molecule has 0 aliphatic heterocycles. The summed E-state index contributed by atoms with van der Waals surface area (Å²) >= 11 is 0. The van der Waals surface area contributed by atoms with Crippen LogP contribution in [0.15, 0.2) is 12.1 Å². The molecule has 6 heteroatoms. The minimum Gasteiger partial charge on any atom is -0.466 e. The molecule has 19 heavy (non-hydrogen) atoms. The summed E-state index contributed by atoms with van der Waals surface area (Å²) in [6, 6.07) is 1.77. The first-order valence-electron chi connectivity index (χ1n) is 5.75. The van der Waals surface area contributed by atoms with E-state index in [1.165, 1.54) is 0 Å². The van der Waals surface area contributed by atoms with Crippen molar-refractivity contribution < 1.29 is 27.5 Å². The maximum Gasteiger partial charge on any atom is 0.306 e. The molecular weight excluding hydrogens is 261 g/mol. The molecule has 1 aromatic rings. The van der Waals surface area contributed by atoms with Gasteiger partial charge in [-0.05, 0) is 18.6 Å². The van der Waals surface area contributed by atoms with Gasteiger partial charge in [-0.3, -0.25) is 9.59 Å². The number of esters is 1. The molecule has 0 bridgehead atoms. The maximum atomic E-state index is 13.3. The Hall–Kier alpha value is -1.85. The van der Waals surface area contributed by atoms with E-state index in [4.69, 9.17) is 0 Å². The number of carbonyl (C=O) groups excluding carboxylic acids is 2. The van der Waals surface area contributed by atoms with Crippen molar-refractivity contribution in [3.63, 3.8) is 0 Å². The lowest BCUT2D eigenvalue weighted by Crippen LogP contribution is -2.10. The predicted octanol–water partition coefficient (Wildman–Crippen LogP) is 2.56. The van der Waals surface area contributed by atoms with Gasteiger partial charge in [-0.15, -0.1) is 0 Å². The lowest BCUT2D eigenvalue weighted by Gasteiger charge is -2.04. The predicted molar refractivity (Wildman–Crippen MR) is 60.9 cm³/mol. The van der Waals surface area contributed by atoms with Crippen LogP contribution in [0, 0.1) is 17.5 Å². The van der Waals surface area contributed by atoms with Gasteiger partial charge in [0.1, 0.15) is 5.78 Å². The molecule has 0 saturated heterocycles. The van der Waals surface area contributed by atoms with Crippen LogP contribution in [0.1, 0.15) is 25.3 Å². The third-order valence-corrected chi connectivity index (χ3v) is 2.42. The van der Waals surface area contributed by atoms with E-state index in [9.17, 15) is 22.8 Å². The quantitative estimate of drug-likeness (QED) is 0.591. The zero-order chi connectivity index (χ0) is 14.4. The maximum absolute atomic E-state index is 13.3. The summed E-state index contributed by atoms with van der Waals surface area (Å²) in [7, 11) is 0. The molecule has 0 aliphatic carbocycles. The highest BCUT2D eigenvalue weighted by Gasteiger charge is 2.16. The van der Waals surface area contributed by atoms with E-state index in [1.807, 2.05) is 0 Å². The summed E-state index contributed by atoms with van der Waals surface area (Å²) in [5, 5.41) is 0. The number of hydrogen-bond donors (Lipinski definition) is 0. The zero-order valence-electron chi connectivity index (χ0n) is 10.3. The normalized spacial score (nSPS) is 10.3. The fourth-order valence-electron chi connectivity index (χ4n) is 1.48. The third kappa shape index (κ3) is 4.39. The van der Waals surface area contributed by atoms with Gasteiger partial charge in [0.2, 0.25) is 0 Å². The van der Waals surface area contributed by atoms with Crippen molar-refractivity contribution in [2.45, 2.75) is 26.2 Å². The van der Waals surface area contributed by atoms with Crippen LogP contribution in [0.5, 0.6) is 0 Å². The van der Waals surface area contributed by atoms with E-state index in [0.29, 0.717) is 0 Å². The first-order valence-corrected chi connectivity index (χ1v) is 5.75. The Kier molecular flexibility index (Phi) is 5.54. The smallest absolute Gasteiger partial charge is 0.306 e. The molecule has 3 nitrogen and oxygen atoms in total. The Morgan fingerprint density at radius 1 is 1.11 bits per heavy atom. The van der Waals surface area contributed by atoms with Crippen LogP contribution in [-0.2, 0) is 20.7 Å². The Morgan fingerprint density at radius 3 is 2.42 bits per heavy atom. The number of hydrogen-bond acceptors (Lipinski definition) is 3. The molecule has 1 rings (SSSR count). The SMILES string of the molecule is CCOC(=O)CCC(=O)Cc1ccc(F)c(F)c1F. The monoisotopic (exact) mass is 274 g/mol. The molecular formula is C13H13F3O3. The lowest BCUT2D eigenvalue weighted by molar-refractivity contribution is -0.144. The molecule has 0 aromatic heterocycles. The summed E-state index contributed by atoms with van der Waals surface area (Å²) in [5.74, 6) is -5.25. The summed E-state index contributed by atoms with van der Waals surface area (Å²) in [4.78, 5) is 22.5. The Morgan fingerprint density at radius 2 is 1.79 bits per heavy atom. The van der Waals surface area contributed by atoms with Crippen LogP contribution in [-0.4, -0.2) is 18.4 Å². The van der Waals surface area contributed by atoms with Gasteiger partial charge in [0.05, 0.1) is 13.0 Å². The van der Waals surface area contributed by atoms with Crippen molar-refractivity contribution in [2.24, 2.45) is 0 Å². The number of Topliss-reactive ketones (excluding diaryl/α,β-unsaturated/α-hetero) is 1. The fraction of sp³-hybridized carbons (Fsp3) is 0.385. The second-order valence-corrected chi connectivity index (χ2v) is 3.85. The van der Waals surface area contributed by atoms with Crippen molar-refractivity contribution in [1.82, 2.24) is 0 Å². The third-order valence-electron chi connectivity index (χ3n) is 2.42. The van der Waals surface area contributed by atoms with E-state index < -0.39 is 29.2 Å². The molecule has 0 N–H and O–H groups in total. The van der Waals surface area contributed by atoms with Crippen molar-refractivity contribution >= 4 is 11.8 Å². The van der Waals surface area contributed by atoms with Crippen molar-refractivity contribution in [2.75, 3.05) is 6.61 Å². The van der Waals surface area contributed by atoms with Crippen LogP contribution >= 0.6 is 0 Å². The van der Waals surface area contributed by atoms with Crippen LogP contribution in [0.3, 0.4) is 0 Å². The lowest BCUT2D eigenvalue weighted by atomic mass is 10.0. The zero-order valence-corrected chi connectivity index (χ0v) is 10.3. The molecule has 0 spiro atoms. The minimum atomic E-state index is -1.60. The van der Waals surface area contributed by atoms with Crippen LogP contribution in [0.25, 0.3) is 0 Å². The van der Waals surface area contributed by atoms with E-state index in [-0.39, 0.29) is 31.4 Å². The van der Waals surface area contributed by atoms with Crippen molar-refractivity contribution in [1.29, 1.82) is 0 Å². The van der Waals surface area contributed by atoms with E-state index in [1.54, 1.807) is 6.92 Å². The van der Waals surface area contributed by atoms with Crippen LogP contribution in [0.2, 0.25) is 0 Å². The van der Waals surface area contributed by atoms with Gasteiger partial charge in [0.15, 0.2) is 17.5 Å². The van der Waals surface area contributed by atoms with Gasteiger partial charge in [0, 0.05) is 12.8 Å². The number of halogens is 3. The first-order chi connectivity index (χ1) is 8.95. The van der Waals surface area contributed by atoms with Gasteiger partial charge in [-0.25, -0.2) is 13.2 Å². The largest absolute Gasteiger partial charge is 0.466 e. The number of rotatable bonds is 6. The number of carbonyl (C=O) groups is 2. The molecule has 0 radical (unpaired) electrons. The average Bonchev–Trinajstić information content (AvgIpc) is 2.37. The molecule has 104 valence electrons. The number of ether oxygens (including phenoxy) is 1. The van der Waals surface area contributed by atoms with E-state index in [0.717, 1.165) is 12.1 Å². The summed E-state index contributed by atoms with van der Waals surface area (Å²) < 4.78 is 43.5. The van der Waals surface area contributed by atoms with E-state index in [2.05, 4.69) is 4.74 Å². The number of benzene rings is 1. The molecule has 0 heterocycles.